The van der Waals surface area contributed by atoms with Crippen molar-refractivity contribution in [2.24, 2.45) is 0 Å². The van der Waals surface area contributed by atoms with E-state index in [4.69, 9.17) is 0 Å². The van der Waals surface area contributed by atoms with Gasteiger partial charge in [-0.15, -0.1) is 0 Å². The molecule has 0 radical (unpaired) electrons. The molecule has 1 aromatic heterocycles. The van der Waals surface area contributed by atoms with E-state index in [0.717, 1.165) is 5.69 Å². The van der Waals surface area contributed by atoms with Crippen molar-refractivity contribution in [3.63, 3.8) is 0 Å². The first-order valence-electron chi connectivity index (χ1n) is 5.60. The Balaban J connectivity index is 2.21. The van der Waals surface area contributed by atoms with Gasteiger partial charge in [0, 0.05) is 26.7 Å². The zero-order chi connectivity index (χ0) is 12.4. The van der Waals surface area contributed by atoms with Crippen LogP contribution < -0.4 is 5.32 Å². The molecule has 0 saturated heterocycles. The van der Waals surface area contributed by atoms with E-state index in [2.05, 4.69) is 10.4 Å². The van der Waals surface area contributed by atoms with Crippen LogP contribution in [0.2, 0.25) is 0 Å². The van der Waals surface area contributed by atoms with Gasteiger partial charge < -0.3 is 10.2 Å². The predicted octanol–water partition coefficient (Wildman–Crippen LogP) is -0.0776. The molecule has 2 heterocycles. The minimum absolute atomic E-state index is 0.0272. The Morgan fingerprint density at radius 1 is 1.59 bits per heavy atom. The standard InChI is InChI=1S/C11H16N4O2/c1-8(16)14-6-9-3-4-13-15(9)10(7-14)5-11(17)12-2/h3-4,10H,5-7H2,1-2H3,(H,12,17)/t10-/m1/s1. The molecule has 17 heavy (non-hydrogen) atoms. The maximum absolute atomic E-state index is 11.4. The van der Waals surface area contributed by atoms with Crippen molar-refractivity contribution in [3.05, 3.63) is 18.0 Å². The van der Waals surface area contributed by atoms with E-state index in [-0.39, 0.29) is 17.9 Å². The third-order valence-electron chi connectivity index (χ3n) is 3.03. The van der Waals surface area contributed by atoms with Crippen LogP contribution in [0.15, 0.2) is 12.3 Å². The monoisotopic (exact) mass is 236 g/mol. The molecule has 2 rings (SSSR count). The zero-order valence-corrected chi connectivity index (χ0v) is 10.0. The highest BCUT2D eigenvalue weighted by Gasteiger charge is 2.28. The van der Waals surface area contributed by atoms with Gasteiger partial charge in [0.15, 0.2) is 0 Å². The van der Waals surface area contributed by atoms with E-state index in [0.29, 0.717) is 19.5 Å². The van der Waals surface area contributed by atoms with Gasteiger partial charge in [-0.2, -0.15) is 5.10 Å². The number of fused-ring (bicyclic) bond motifs is 1. The van der Waals surface area contributed by atoms with E-state index < -0.39 is 0 Å². The molecule has 0 unspecified atom stereocenters. The topological polar surface area (TPSA) is 67.2 Å². The van der Waals surface area contributed by atoms with Crippen LogP contribution in [0.1, 0.15) is 25.1 Å². The summed E-state index contributed by atoms with van der Waals surface area (Å²) >= 11 is 0. The fourth-order valence-electron chi connectivity index (χ4n) is 2.09. The molecular weight excluding hydrogens is 220 g/mol. The highest BCUT2D eigenvalue weighted by atomic mass is 16.2. The Bertz CT molecular complexity index is 440. The number of amides is 2. The number of nitrogens with zero attached hydrogens (tertiary/aromatic N) is 3. The molecule has 1 N–H and O–H groups in total. The second-order valence-corrected chi connectivity index (χ2v) is 4.20. The van der Waals surface area contributed by atoms with E-state index >= 15 is 0 Å². The summed E-state index contributed by atoms with van der Waals surface area (Å²) in [7, 11) is 1.61. The molecule has 2 amide bonds. The lowest BCUT2D eigenvalue weighted by Gasteiger charge is -2.33. The van der Waals surface area contributed by atoms with E-state index in [9.17, 15) is 9.59 Å². The summed E-state index contributed by atoms with van der Waals surface area (Å²) in [4.78, 5) is 24.6. The van der Waals surface area contributed by atoms with Gasteiger partial charge >= 0.3 is 0 Å². The van der Waals surface area contributed by atoms with E-state index in [1.165, 1.54) is 0 Å². The number of rotatable bonds is 2. The molecule has 6 heteroatoms. The first-order valence-corrected chi connectivity index (χ1v) is 5.60. The fraction of sp³-hybridized carbons (Fsp3) is 0.545. The molecule has 1 aliphatic rings. The summed E-state index contributed by atoms with van der Waals surface area (Å²) < 4.78 is 1.84. The second kappa shape index (κ2) is 4.57. The minimum atomic E-state index is -0.0717. The van der Waals surface area contributed by atoms with Gasteiger partial charge in [0.1, 0.15) is 0 Å². The molecule has 0 saturated carbocycles. The van der Waals surface area contributed by atoms with Gasteiger partial charge in [0.25, 0.3) is 0 Å². The second-order valence-electron chi connectivity index (χ2n) is 4.20. The Labute approximate surface area is 99.6 Å². The zero-order valence-electron chi connectivity index (χ0n) is 10.0. The van der Waals surface area contributed by atoms with Gasteiger partial charge in [-0.3, -0.25) is 14.3 Å². The van der Waals surface area contributed by atoms with Crippen molar-refractivity contribution in [3.8, 4) is 0 Å². The SMILES string of the molecule is CNC(=O)C[C@@H]1CN(C(C)=O)Cc2ccnn21. The molecule has 6 nitrogen and oxygen atoms in total. The summed E-state index contributed by atoms with van der Waals surface area (Å²) in [6.07, 6.45) is 2.05. The van der Waals surface area contributed by atoms with Crippen LogP contribution in [0.3, 0.4) is 0 Å². The molecule has 0 bridgehead atoms. The third kappa shape index (κ3) is 2.30. The Morgan fingerprint density at radius 3 is 3.00 bits per heavy atom. The number of hydrogen-bond donors (Lipinski definition) is 1. The highest BCUT2D eigenvalue weighted by molar-refractivity contribution is 5.76. The van der Waals surface area contributed by atoms with Crippen LogP contribution in [-0.4, -0.2) is 40.1 Å². The minimum Gasteiger partial charge on any atom is -0.359 e. The van der Waals surface area contributed by atoms with Gasteiger partial charge in [-0.25, -0.2) is 0 Å². The maximum Gasteiger partial charge on any atom is 0.221 e. The van der Waals surface area contributed by atoms with Crippen LogP contribution in [0.25, 0.3) is 0 Å². The van der Waals surface area contributed by atoms with Gasteiger partial charge in [-0.05, 0) is 6.07 Å². The first-order chi connectivity index (χ1) is 8.11. The molecule has 0 aliphatic carbocycles. The molecule has 0 aromatic carbocycles. The predicted molar refractivity (Wildman–Crippen MR) is 61.0 cm³/mol. The Kier molecular flexibility index (Phi) is 3.12. The van der Waals surface area contributed by atoms with Crippen molar-refractivity contribution in [2.75, 3.05) is 13.6 Å². The summed E-state index contributed by atoms with van der Waals surface area (Å²) in [5.41, 5.74) is 0.973. The van der Waals surface area contributed by atoms with E-state index in [1.54, 1.807) is 25.1 Å². The van der Waals surface area contributed by atoms with Crippen LogP contribution in [0, 0.1) is 0 Å². The summed E-state index contributed by atoms with van der Waals surface area (Å²) in [5.74, 6) is -0.0128. The highest BCUT2D eigenvalue weighted by Crippen LogP contribution is 2.22. The lowest BCUT2D eigenvalue weighted by atomic mass is 10.1. The molecule has 0 spiro atoms. The molecular formula is C11H16N4O2. The maximum atomic E-state index is 11.4. The third-order valence-corrected chi connectivity index (χ3v) is 3.03. The van der Waals surface area contributed by atoms with Crippen molar-refractivity contribution in [1.29, 1.82) is 0 Å². The van der Waals surface area contributed by atoms with Crippen molar-refractivity contribution < 1.29 is 9.59 Å². The van der Waals surface area contributed by atoms with Crippen LogP contribution in [-0.2, 0) is 16.1 Å². The molecule has 1 aromatic rings. The summed E-state index contributed by atoms with van der Waals surface area (Å²) in [6.45, 7) is 2.65. The lowest BCUT2D eigenvalue weighted by molar-refractivity contribution is -0.132. The normalized spacial score (nSPS) is 18.7. The largest absolute Gasteiger partial charge is 0.359 e. The number of aromatic nitrogens is 2. The number of nitrogens with one attached hydrogen (secondary N) is 1. The van der Waals surface area contributed by atoms with Gasteiger partial charge in [-0.1, -0.05) is 0 Å². The van der Waals surface area contributed by atoms with Crippen LogP contribution >= 0.6 is 0 Å². The Morgan fingerprint density at radius 2 is 2.35 bits per heavy atom. The summed E-state index contributed by atoms with van der Waals surface area (Å²) in [6, 6.07) is 1.81. The lowest BCUT2D eigenvalue weighted by Crippen LogP contribution is -2.41. The molecule has 0 fully saturated rings. The van der Waals surface area contributed by atoms with Gasteiger partial charge in [0.2, 0.25) is 11.8 Å². The van der Waals surface area contributed by atoms with Crippen molar-refractivity contribution >= 4 is 11.8 Å². The number of hydrogen-bond acceptors (Lipinski definition) is 3. The van der Waals surface area contributed by atoms with E-state index in [1.807, 2.05) is 10.7 Å². The number of carbonyl (C=O) groups excluding carboxylic acids is 2. The fourth-order valence-corrected chi connectivity index (χ4v) is 2.09. The smallest absolute Gasteiger partial charge is 0.221 e. The molecule has 92 valence electrons. The quantitative estimate of drug-likeness (QED) is 0.781. The number of carbonyl (C=O) groups is 2. The van der Waals surface area contributed by atoms with Crippen molar-refractivity contribution in [2.45, 2.75) is 25.9 Å². The first kappa shape index (κ1) is 11.6. The average Bonchev–Trinajstić information content (AvgIpc) is 2.76. The van der Waals surface area contributed by atoms with Crippen molar-refractivity contribution in [1.82, 2.24) is 20.0 Å². The summed E-state index contributed by atoms with van der Waals surface area (Å²) in [5, 5.41) is 6.81. The molecule has 1 atom stereocenters. The van der Waals surface area contributed by atoms with Gasteiger partial charge in [0.05, 0.1) is 24.7 Å². The van der Waals surface area contributed by atoms with Crippen LogP contribution in [0.5, 0.6) is 0 Å². The molecule has 1 aliphatic heterocycles. The average molecular weight is 236 g/mol. The Hall–Kier alpha value is -1.85. The van der Waals surface area contributed by atoms with Crippen LogP contribution in [0.4, 0.5) is 0 Å².